The van der Waals surface area contributed by atoms with Crippen molar-refractivity contribution in [1.82, 2.24) is 15.5 Å². The molecule has 0 unspecified atom stereocenters. The Balaban J connectivity index is 2.15. The molecule has 1 amide bonds. The molecular formula is C11H11N5O3. The molecule has 0 spiro atoms. The van der Waals surface area contributed by atoms with Gasteiger partial charge in [0, 0.05) is 24.4 Å². The number of hydrogen-bond acceptors (Lipinski definition) is 5. The number of nitrogen functional groups attached to an aromatic ring is 1. The highest BCUT2D eigenvalue weighted by molar-refractivity contribution is 6.00. The maximum absolute atomic E-state index is 11.9. The van der Waals surface area contributed by atoms with Crippen LogP contribution in [0.2, 0.25) is 0 Å². The van der Waals surface area contributed by atoms with Crippen molar-refractivity contribution in [2.75, 3.05) is 5.73 Å². The summed E-state index contributed by atoms with van der Waals surface area (Å²) in [7, 11) is 0. The van der Waals surface area contributed by atoms with Gasteiger partial charge in [-0.25, -0.2) is 0 Å². The van der Waals surface area contributed by atoms with Gasteiger partial charge in [0.05, 0.1) is 16.7 Å². The Kier molecular flexibility index (Phi) is 3.42. The lowest BCUT2D eigenvalue weighted by atomic mass is 10.1. The van der Waals surface area contributed by atoms with E-state index in [0.717, 1.165) is 5.56 Å². The van der Waals surface area contributed by atoms with Crippen molar-refractivity contribution in [3.8, 4) is 0 Å². The summed E-state index contributed by atoms with van der Waals surface area (Å²) in [6, 6.07) is 4.11. The van der Waals surface area contributed by atoms with Gasteiger partial charge < -0.3 is 11.1 Å². The van der Waals surface area contributed by atoms with Crippen LogP contribution in [-0.4, -0.2) is 21.0 Å². The van der Waals surface area contributed by atoms with Crippen LogP contribution in [0.25, 0.3) is 0 Å². The summed E-state index contributed by atoms with van der Waals surface area (Å²) < 4.78 is 0. The second-order valence-corrected chi connectivity index (χ2v) is 3.78. The summed E-state index contributed by atoms with van der Waals surface area (Å²) in [6.45, 7) is 0.261. The van der Waals surface area contributed by atoms with Gasteiger partial charge in [0.2, 0.25) is 0 Å². The zero-order valence-electron chi connectivity index (χ0n) is 9.79. The van der Waals surface area contributed by atoms with Gasteiger partial charge in [-0.2, -0.15) is 5.10 Å². The maximum Gasteiger partial charge on any atom is 0.292 e. The number of H-pyrrole nitrogens is 1. The van der Waals surface area contributed by atoms with Crippen LogP contribution in [0.5, 0.6) is 0 Å². The highest BCUT2D eigenvalue weighted by Crippen LogP contribution is 2.24. The number of aromatic amines is 1. The molecular weight excluding hydrogens is 250 g/mol. The molecule has 0 atom stereocenters. The Morgan fingerprint density at radius 1 is 1.53 bits per heavy atom. The van der Waals surface area contributed by atoms with Crippen molar-refractivity contribution >= 4 is 17.3 Å². The summed E-state index contributed by atoms with van der Waals surface area (Å²) in [5.41, 5.74) is 6.06. The van der Waals surface area contributed by atoms with Crippen molar-refractivity contribution in [2.45, 2.75) is 6.54 Å². The molecule has 0 bridgehead atoms. The molecule has 8 heteroatoms. The lowest BCUT2D eigenvalue weighted by Gasteiger charge is -2.06. The first-order valence-electron chi connectivity index (χ1n) is 5.38. The topological polar surface area (TPSA) is 127 Å². The average Bonchev–Trinajstić information content (AvgIpc) is 2.89. The summed E-state index contributed by atoms with van der Waals surface area (Å²) in [5, 5.41) is 19.7. The predicted molar refractivity (Wildman–Crippen MR) is 67.3 cm³/mol. The molecule has 0 saturated heterocycles. The number of para-hydroxylation sites is 1. The highest BCUT2D eigenvalue weighted by Gasteiger charge is 2.18. The van der Waals surface area contributed by atoms with E-state index < -0.39 is 10.8 Å². The van der Waals surface area contributed by atoms with Crippen molar-refractivity contribution in [3.05, 3.63) is 51.8 Å². The first-order chi connectivity index (χ1) is 9.09. The fraction of sp³-hybridized carbons (Fsp3) is 0.0909. The lowest BCUT2D eigenvalue weighted by Crippen LogP contribution is -2.23. The van der Waals surface area contributed by atoms with Crippen LogP contribution in [0.1, 0.15) is 15.9 Å². The lowest BCUT2D eigenvalue weighted by molar-refractivity contribution is -0.383. The minimum absolute atomic E-state index is 0.0812. The van der Waals surface area contributed by atoms with Gasteiger partial charge in [0.15, 0.2) is 0 Å². The van der Waals surface area contributed by atoms with Crippen LogP contribution in [0, 0.1) is 10.1 Å². The number of benzene rings is 1. The molecule has 0 saturated carbocycles. The summed E-state index contributed by atoms with van der Waals surface area (Å²) >= 11 is 0. The third-order valence-electron chi connectivity index (χ3n) is 2.53. The van der Waals surface area contributed by atoms with Crippen molar-refractivity contribution in [1.29, 1.82) is 0 Å². The van der Waals surface area contributed by atoms with Crippen LogP contribution < -0.4 is 11.1 Å². The molecule has 98 valence electrons. The van der Waals surface area contributed by atoms with Crippen LogP contribution >= 0.6 is 0 Å². The second kappa shape index (κ2) is 5.17. The number of nitro groups is 1. The van der Waals surface area contributed by atoms with Crippen LogP contribution in [0.4, 0.5) is 11.4 Å². The largest absolute Gasteiger partial charge is 0.393 e. The van der Waals surface area contributed by atoms with E-state index in [2.05, 4.69) is 15.5 Å². The molecule has 1 aromatic heterocycles. The van der Waals surface area contributed by atoms with Crippen LogP contribution in [0.3, 0.4) is 0 Å². The molecule has 0 aliphatic rings. The highest BCUT2D eigenvalue weighted by atomic mass is 16.6. The van der Waals surface area contributed by atoms with E-state index in [4.69, 9.17) is 5.73 Å². The zero-order chi connectivity index (χ0) is 13.8. The average molecular weight is 261 g/mol. The van der Waals surface area contributed by atoms with Gasteiger partial charge in [0.25, 0.3) is 11.6 Å². The van der Waals surface area contributed by atoms with Crippen molar-refractivity contribution < 1.29 is 9.72 Å². The number of amides is 1. The van der Waals surface area contributed by atoms with Gasteiger partial charge in [-0.15, -0.1) is 0 Å². The Hall–Kier alpha value is -2.90. The molecule has 8 nitrogen and oxygen atoms in total. The number of hydrogen-bond donors (Lipinski definition) is 3. The van der Waals surface area contributed by atoms with E-state index in [9.17, 15) is 14.9 Å². The van der Waals surface area contributed by atoms with E-state index >= 15 is 0 Å². The van der Waals surface area contributed by atoms with E-state index in [1.54, 1.807) is 12.4 Å². The molecule has 19 heavy (non-hydrogen) atoms. The SMILES string of the molecule is Nc1c(C(=O)NCc2cn[nH]c2)cccc1[N+](=O)[O-]. The molecule has 1 aromatic carbocycles. The Morgan fingerprint density at radius 2 is 2.32 bits per heavy atom. The number of rotatable bonds is 4. The van der Waals surface area contributed by atoms with Gasteiger partial charge in [-0.3, -0.25) is 20.0 Å². The van der Waals surface area contributed by atoms with E-state index in [1.807, 2.05) is 0 Å². The number of nitrogens with one attached hydrogen (secondary N) is 2. The number of carbonyl (C=O) groups excluding carboxylic acids is 1. The monoisotopic (exact) mass is 261 g/mol. The van der Waals surface area contributed by atoms with Crippen molar-refractivity contribution in [2.24, 2.45) is 0 Å². The molecule has 4 N–H and O–H groups in total. The number of nitrogens with zero attached hydrogens (tertiary/aromatic N) is 2. The number of carbonyl (C=O) groups is 1. The van der Waals surface area contributed by atoms with Gasteiger partial charge in [-0.05, 0) is 6.07 Å². The predicted octanol–water partition coefficient (Wildman–Crippen LogP) is 0.830. The molecule has 0 aliphatic heterocycles. The smallest absolute Gasteiger partial charge is 0.292 e. The first kappa shape index (κ1) is 12.6. The Morgan fingerprint density at radius 3 is 2.95 bits per heavy atom. The molecule has 0 aliphatic carbocycles. The number of nitro benzene ring substituents is 1. The van der Waals surface area contributed by atoms with E-state index in [1.165, 1.54) is 18.2 Å². The van der Waals surface area contributed by atoms with Gasteiger partial charge in [0.1, 0.15) is 5.69 Å². The Labute approximate surface area is 107 Å². The maximum atomic E-state index is 11.9. The van der Waals surface area contributed by atoms with Gasteiger partial charge >= 0.3 is 0 Å². The summed E-state index contributed by atoms with van der Waals surface area (Å²) in [6.07, 6.45) is 3.20. The number of anilines is 1. The zero-order valence-corrected chi connectivity index (χ0v) is 9.79. The number of aromatic nitrogens is 2. The molecule has 2 rings (SSSR count). The normalized spacial score (nSPS) is 10.1. The number of nitrogens with two attached hydrogens (primary N) is 1. The quantitative estimate of drug-likeness (QED) is 0.426. The third-order valence-corrected chi connectivity index (χ3v) is 2.53. The van der Waals surface area contributed by atoms with Crippen LogP contribution in [-0.2, 0) is 6.54 Å². The fourth-order valence-corrected chi connectivity index (χ4v) is 1.56. The standard InChI is InChI=1S/C11H11N5O3/c12-10-8(2-1-3-9(10)16(18)19)11(17)13-4-7-5-14-15-6-7/h1-3,5-6H,4,12H2,(H,13,17)(H,14,15). The second-order valence-electron chi connectivity index (χ2n) is 3.78. The molecule has 0 fully saturated rings. The van der Waals surface area contributed by atoms with E-state index in [-0.39, 0.29) is 23.5 Å². The summed E-state index contributed by atoms with van der Waals surface area (Å²) in [5.74, 6) is -0.470. The Bertz CT molecular complexity index is 609. The molecule has 1 heterocycles. The summed E-state index contributed by atoms with van der Waals surface area (Å²) in [4.78, 5) is 22.0. The molecule has 0 radical (unpaired) electrons. The third kappa shape index (κ3) is 2.68. The molecule has 2 aromatic rings. The first-order valence-corrected chi connectivity index (χ1v) is 5.38. The minimum Gasteiger partial charge on any atom is -0.393 e. The fourth-order valence-electron chi connectivity index (χ4n) is 1.56. The minimum atomic E-state index is -0.623. The van der Waals surface area contributed by atoms with Crippen LogP contribution in [0.15, 0.2) is 30.6 Å². The van der Waals surface area contributed by atoms with E-state index in [0.29, 0.717) is 0 Å². The van der Waals surface area contributed by atoms with Gasteiger partial charge in [-0.1, -0.05) is 6.07 Å². The van der Waals surface area contributed by atoms with Crippen molar-refractivity contribution in [3.63, 3.8) is 0 Å².